The summed E-state index contributed by atoms with van der Waals surface area (Å²) in [4.78, 5) is 15.7. The van der Waals surface area contributed by atoms with Crippen molar-refractivity contribution < 1.29 is 18.0 Å². The summed E-state index contributed by atoms with van der Waals surface area (Å²) in [7, 11) is 0. The highest BCUT2D eigenvalue weighted by Crippen LogP contribution is 2.30. The maximum absolute atomic E-state index is 12.6. The minimum absolute atomic E-state index is 0.0152. The summed E-state index contributed by atoms with van der Waals surface area (Å²) < 4.78 is 37.9. The molecule has 0 spiro atoms. The number of nitrogens with two attached hydrogens (primary N) is 1. The molecule has 0 aliphatic rings. The lowest BCUT2D eigenvalue weighted by atomic mass is 10.0. The smallest absolute Gasteiger partial charge is 0.367 e. The van der Waals surface area contributed by atoms with Crippen LogP contribution in [0, 0.1) is 6.92 Å². The number of alkyl halides is 3. The zero-order valence-electron chi connectivity index (χ0n) is 11.0. The van der Waals surface area contributed by atoms with Crippen molar-refractivity contribution in [1.29, 1.82) is 0 Å². The molecular formula is C12H12F3N5O. The minimum atomic E-state index is -4.50. The average Bonchev–Trinajstić information content (AvgIpc) is 2.81. The third-order valence-corrected chi connectivity index (χ3v) is 2.77. The molecule has 2 aromatic rings. The number of carbonyl (C=O) groups excluding carboxylic acids is 1. The van der Waals surface area contributed by atoms with E-state index in [0.717, 1.165) is 12.1 Å². The SMILES string of the molecule is Cc1ccc(C(F)(F)F)cc1C(=O)NCc1nc(N)n[nH]1. The van der Waals surface area contributed by atoms with E-state index in [1.54, 1.807) is 6.92 Å². The van der Waals surface area contributed by atoms with Gasteiger partial charge in [0.2, 0.25) is 5.95 Å². The maximum atomic E-state index is 12.6. The van der Waals surface area contributed by atoms with Gasteiger partial charge in [-0.25, -0.2) is 0 Å². The summed E-state index contributed by atoms with van der Waals surface area (Å²) in [5.41, 5.74) is 4.82. The number of rotatable bonds is 3. The lowest BCUT2D eigenvalue weighted by molar-refractivity contribution is -0.137. The number of amides is 1. The number of nitrogens with zero attached hydrogens (tertiary/aromatic N) is 2. The second kappa shape index (κ2) is 5.43. The molecule has 0 aliphatic heterocycles. The van der Waals surface area contributed by atoms with Crippen LogP contribution in [0.5, 0.6) is 0 Å². The van der Waals surface area contributed by atoms with Crippen LogP contribution < -0.4 is 11.1 Å². The van der Waals surface area contributed by atoms with Crippen LogP contribution in [0.4, 0.5) is 19.1 Å². The summed E-state index contributed by atoms with van der Waals surface area (Å²) in [6.45, 7) is 1.54. The van der Waals surface area contributed by atoms with Gasteiger partial charge >= 0.3 is 6.18 Å². The molecule has 2 rings (SSSR count). The average molecular weight is 299 g/mol. The summed E-state index contributed by atoms with van der Waals surface area (Å²) in [5.74, 6) is -0.298. The number of nitrogen functional groups attached to an aromatic ring is 1. The van der Waals surface area contributed by atoms with Gasteiger partial charge in [0.1, 0.15) is 5.82 Å². The Balaban J connectivity index is 2.15. The molecule has 0 fully saturated rings. The van der Waals surface area contributed by atoms with E-state index in [1.807, 2.05) is 0 Å². The normalized spacial score (nSPS) is 11.4. The number of anilines is 1. The summed E-state index contributed by atoms with van der Waals surface area (Å²) in [6.07, 6.45) is -4.50. The van der Waals surface area contributed by atoms with Gasteiger partial charge in [0.15, 0.2) is 0 Å². The number of aromatic amines is 1. The highest BCUT2D eigenvalue weighted by molar-refractivity contribution is 5.95. The van der Waals surface area contributed by atoms with Gasteiger partial charge in [-0.05, 0) is 24.6 Å². The fourth-order valence-corrected chi connectivity index (χ4v) is 1.69. The number of hydrogen-bond acceptors (Lipinski definition) is 4. The van der Waals surface area contributed by atoms with Gasteiger partial charge in [0.05, 0.1) is 12.1 Å². The lowest BCUT2D eigenvalue weighted by Crippen LogP contribution is -2.24. The Morgan fingerprint density at radius 2 is 2.14 bits per heavy atom. The number of aryl methyl sites for hydroxylation is 1. The van der Waals surface area contributed by atoms with Crippen molar-refractivity contribution in [3.8, 4) is 0 Å². The third kappa shape index (κ3) is 3.50. The van der Waals surface area contributed by atoms with Gasteiger partial charge in [-0.2, -0.15) is 18.2 Å². The van der Waals surface area contributed by atoms with Gasteiger partial charge < -0.3 is 11.1 Å². The van der Waals surface area contributed by atoms with Crippen molar-refractivity contribution in [3.63, 3.8) is 0 Å². The van der Waals surface area contributed by atoms with E-state index < -0.39 is 17.6 Å². The van der Waals surface area contributed by atoms with Crippen molar-refractivity contribution in [2.24, 2.45) is 0 Å². The third-order valence-electron chi connectivity index (χ3n) is 2.77. The van der Waals surface area contributed by atoms with Crippen molar-refractivity contribution in [2.75, 3.05) is 5.73 Å². The zero-order valence-corrected chi connectivity index (χ0v) is 11.0. The second-order valence-electron chi connectivity index (χ2n) is 4.35. The van der Waals surface area contributed by atoms with Crippen LogP contribution in [0.25, 0.3) is 0 Å². The van der Waals surface area contributed by atoms with E-state index in [2.05, 4.69) is 20.5 Å². The van der Waals surface area contributed by atoms with Crippen LogP contribution in [0.2, 0.25) is 0 Å². The molecule has 1 heterocycles. The molecule has 0 aliphatic carbocycles. The molecule has 0 saturated heterocycles. The fourth-order valence-electron chi connectivity index (χ4n) is 1.69. The first kappa shape index (κ1) is 14.8. The molecule has 4 N–H and O–H groups in total. The van der Waals surface area contributed by atoms with Crippen molar-refractivity contribution in [2.45, 2.75) is 19.6 Å². The van der Waals surface area contributed by atoms with E-state index >= 15 is 0 Å². The van der Waals surface area contributed by atoms with Gasteiger partial charge in [-0.3, -0.25) is 9.89 Å². The Morgan fingerprint density at radius 3 is 2.71 bits per heavy atom. The Kier molecular flexibility index (Phi) is 3.83. The number of hydrogen-bond donors (Lipinski definition) is 3. The monoisotopic (exact) mass is 299 g/mol. The molecule has 6 nitrogen and oxygen atoms in total. The molecule has 0 radical (unpaired) electrons. The predicted octanol–water partition coefficient (Wildman–Crippen LogP) is 1.64. The molecule has 1 aromatic heterocycles. The van der Waals surface area contributed by atoms with Crippen molar-refractivity contribution in [1.82, 2.24) is 20.5 Å². The van der Waals surface area contributed by atoms with E-state index in [4.69, 9.17) is 5.73 Å². The molecule has 9 heteroatoms. The highest BCUT2D eigenvalue weighted by Gasteiger charge is 2.31. The van der Waals surface area contributed by atoms with E-state index in [9.17, 15) is 18.0 Å². The predicted molar refractivity (Wildman–Crippen MR) is 68.1 cm³/mol. The molecule has 0 unspecified atom stereocenters. The van der Waals surface area contributed by atoms with Crippen molar-refractivity contribution in [3.05, 3.63) is 40.7 Å². The van der Waals surface area contributed by atoms with Crippen LogP contribution in [0.1, 0.15) is 27.3 Å². The Labute approximate surface area is 117 Å². The summed E-state index contributed by atoms with van der Waals surface area (Å²) >= 11 is 0. The Morgan fingerprint density at radius 1 is 1.43 bits per heavy atom. The minimum Gasteiger partial charge on any atom is -0.367 e. The van der Waals surface area contributed by atoms with Crippen LogP contribution in [0.15, 0.2) is 18.2 Å². The van der Waals surface area contributed by atoms with Gasteiger partial charge in [-0.1, -0.05) is 6.07 Å². The maximum Gasteiger partial charge on any atom is 0.416 e. The van der Waals surface area contributed by atoms with Crippen LogP contribution >= 0.6 is 0 Å². The van der Waals surface area contributed by atoms with Gasteiger partial charge in [0, 0.05) is 5.56 Å². The van der Waals surface area contributed by atoms with Gasteiger partial charge in [-0.15, -0.1) is 5.10 Å². The van der Waals surface area contributed by atoms with Crippen LogP contribution in [0.3, 0.4) is 0 Å². The largest absolute Gasteiger partial charge is 0.416 e. The Bertz CT molecular complexity index is 665. The zero-order chi connectivity index (χ0) is 15.6. The Hall–Kier alpha value is -2.58. The molecule has 0 saturated carbocycles. The number of carbonyl (C=O) groups is 1. The van der Waals surface area contributed by atoms with Crippen LogP contribution in [-0.4, -0.2) is 21.1 Å². The molecule has 0 bridgehead atoms. The van der Waals surface area contributed by atoms with Crippen LogP contribution in [-0.2, 0) is 12.7 Å². The number of benzene rings is 1. The first-order valence-corrected chi connectivity index (χ1v) is 5.90. The van der Waals surface area contributed by atoms with Gasteiger partial charge in [0.25, 0.3) is 5.91 Å². The topological polar surface area (TPSA) is 96.7 Å². The number of nitrogens with one attached hydrogen (secondary N) is 2. The summed E-state index contributed by atoms with van der Waals surface area (Å²) in [5, 5.41) is 8.51. The lowest BCUT2D eigenvalue weighted by Gasteiger charge is -2.11. The van der Waals surface area contributed by atoms with E-state index in [1.165, 1.54) is 6.07 Å². The first-order valence-electron chi connectivity index (χ1n) is 5.90. The van der Waals surface area contributed by atoms with Crippen molar-refractivity contribution >= 4 is 11.9 Å². The van der Waals surface area contributed by atoms with E-state index in [-0.39, 0.29) is 18.1 Å². The molecule has 1 aromatic carbocycles. The highest BCUT2D eigenvalue weighted by atomic mass is 19.4. The molecular weight excluding hydrogens is 287 g/mol. The van der Waals surface area contributed by atoms with E-state index in [0.29, 0.717) is 11.4 Å². The number of halogens is 3. The standard InChI is InChI=1S/C12H12F3N5O/c1-6-2-3-7(12(13,14)15)4-8(6)10(21)17-5-9-18-11(16)20-19-9/h2-4H,5H2,1H3,(H,17,21)(H3,16,18,19,20). The molecule has 0 atom stereocenters. The first-order chi connectivity index (χ1) is 9.77. The second-order valence-corrected chi connectivity index (χ2v) is 4.35. The molecule has 1 amide bonds. The fraction of sp³-hybridized carbons (Fsp3) is 0.250. The number of H-pyrrole nitrogens is 1. The number of aromatic nitrogens is 3. The molecule has 112 valence electrons. The quantitative estimate of drug-likeness (QED) is 0.802. The summed E-state index contributed by atoms with van der Waals surface area (Å²) in [6, 6.07) is 3.01. The molecule has 21 heavy (non-hydrogen) atoms.